The molecule has 1 fully saturated rings. The molecule has 2 aromatic rings. The summed E-state index contributed by atoms with van der Waals surface area (Å²) in [5.74, 6) is -2.02. The lowest BCUT2D eigenvalue weighted by molar-refractivity contribution is -0.140. The summed E-state index contributed by atoms with van der Waals surface area (Å²) >= 11 is 0. The van der Waals surface area contributed by atoms with Crippen LogP contribution in [-0.2, 0) is 14.4 Å². The first-order chi connectivity index (χ1) is 15.3. The molecule has 2 aromatic carbocycles. The van der Waals surface area contributed by atoms with Gasteiger partial charge in [0.15, 0.2) is 11.5 Å². The van der Waals surface area contributed by atoms with Crippen LogP contribution >= 0.6 is 0 Å². The molecule has 3 rings (SSSR count). The van der Waals surface area contributed by atoms with Gasteiger partial charge in [0, 0.05) is 18.5 Å². The molecule has 1 heterocycles. The number of hydrogen-bond acceptors (Lipinski definition) is 6. The number of carbonyl (C=O) groups is 3. The maximum Gasteiger partial charge on any atom is 0.303 e. The number of nitrogens with zero attached hydrogens (tertiary/aromatic N) is 1. The Balaban J connectivity index is 2.14. The van der Waals surface area contributed by atoms with Crippen LogP contribution in [0.2, 0.25) is 0 Å². The number of methoxy groups -OCH3 is 2. The van der Waals surface area contributed by atoms with Gasteiger partial charge in [-0.2, -0.15) is 0 Å². The fourth-order valence-corrected chi connectivity index (χ4v) is 3.75. The molecule has 32 heavy (non-hydrogen) atoms. The molecular weight excluding hydrogens is 414 g/mol. The van der Waals surface area contributed by atoms with Crippen LogP contribution in [0.15, 0.2) is 48.0 Å². The molecule has 168 valence electrons. The Kier molecular flexibility index (Phi) is 6.82. The first-order valence-corrected chi connectivity index (χ1v) is 10.1. The number of benzene rings is 2. The summed E-state index contributed by atoms with van der Waals surface area (Å²) in [6, 6.07) is 11.0. The predicted octanol–water partition coefficient (Wildman–Crippen LogP) is 3.30. The molecule has 8 heteroatoms. The summed E-state index contributed by atoms with van der Waals surface area (Å²) in [7, 11) is 2.96. The van der Waals surface area contributed by atoms with Crippen molar-refractivity contribution in [2.24, 2.45) is 0 Å². The molecule has 1 atom stereocenters. The lowest BCUT2D eigenvalue weighted by Crippen LogP contribution is -2.31. The Morgan fingerprint density at radius 3 is 2.25 bits per heavy atom. The lowest BCUT2D eigenvalue weighted by Gasteiger charge is -2.25. The van der Waals surface area contributed by atoms with Crippen molar-refractivity contribution in [3.63, 3.8) is 0 Å². The van der Waals surface area contributed by atoms with E-state index in [-0.39, 0.29) is 30.7 Å². The Morgan fingerprint density at radius 1 is 1.00 bits per heavy atom. The SMILES string of the molecule is COc1ccc([C@H]2/C(=C(\O)c3ccc(C)cc3)C(=O)C(=O)N2CCCC(=O)O)cc1OC. The van der Waals surface area contributed by atoms with Gasteiger partial charge in [0.05, 0.1) is 25.8 Å². The molecule has 8 nitrogen and oxygen atoms in total. The average Bonchev–Trinajstić information content (AvgIpc) is 3.03. The molecule has 0 aliphatic carbocycles. The number of amides is 1. The molecule has 0 spiro atoms. The van der Waals surface area contributed by atoms with Crippen molar-refractivity contribution in [2.75, 3.05) is 20.8 Å². The van der Waals surface area contributed by atoms with Crippen molar-refractivity contribution in [1.82, 2.24) is 4.90 Å². The van der Waals surface area contributed by atoms with Gasteiger partial charge in [-0.1, -0.05) is 35.9 Å². The number of aryl methyl sites for hydroxylation is 1. The number of aliphatic carboxylic acids is 1. The third kappa shape index (κ3) is 4.44. The Labute approximate surface area is 185 Å². The second-order valence-electron chi connectivity index (χ2n) is 7.47. The highest BCUT2D eigenvalue weighted by Gasteiger charge is 2.46. The number of carbonyl (C=O) groups excluding carboxylic acids is 2. The van der Waals surface area contributed by atoms with Crippen LogP contribution < -0.4 is 9.47 Å². The smallest absolute Gasteiger partial charge is 0.303 e. The molecule has 0 saturated carbocycles. The van der Waals surface area contributed by atoms with Crippen LogP contribution in [0.25, 0.3) is 5.76 Å². The topological polar surface area (TPSA) is 113 Å². The summed E-state index contributed by atoms with van der Waals surface area (Å²) in [4.78, 5) is 38.1. The Morgan fingerprint density at radius 2 is 1.66 bits per heavy atom. The third-order valence-corrected chi connectivity index (χ3v) is 5.38. The first-order valence-electron chi connectivity index (χ1n) is 10.1. The summed E-state index contributed by atoms with van der Waals surface area (Å²) in [5, 5.41) is 20.0. The van der Waals surface area contributed by atoms with E-state index in [1.807, 2.05) is 6.92 Å². The van der Waals surface area contributed by atoms with E-state index in [1.54, 1.807) is 42.5 Å². The molecule has 1 aliphatic heterocycles. The van der Waals surface area contributed by atoms with E-state index in [1.165, 1.54) is 19.1 Å². The summed E-state index contributed by atoms with van der Waals surface area (Å²) < 4.78 is 10.6. The molecule has 1 saturated heterocycles. The van der Waals surface area contributed by atoms with E-state index in [0.29, 0.717) is 22.6 Å². The number of carboxylic acids is 1. The van der Waals surface area contributed by atoms with E-state index in [9.17, 15) is 19.5 Å². The van der Waals surface area contributed by atoms with Gasteiger partial charge >= 0.3 is 5.97 Å². The highest BCUT2D eigenvalue weighted by atomic mass is 16.5. The molecule has 0 radical (unpaired) electrons. The van der Waals surface area contributed by atoms with Crippen molar-refractivity contribution >= 4 is 23.4 Å². The largest absolute Gasteiger partial charge is 0.507 e. The van der Waals surface area contributed by atoms with E-state index in [4.69, 9.17) is 14.6 Å². The van der Waals surface area contributed by atoms with E-state index in [2.05, 4.69) is 0 Å². The van der Waals surface area contributed by atoms with Gasteiger partial charge in [0.2, 0.25) is 0 Å². The highest BCUT2D eigenvalue weighted by molar-refractivity contribution is 6.46. The van der Waals surface area contributed by atoms with Gasteiger partial charge in [-0.05, 0) is 31.0 Å². The average molecular weight is 439 g/mol. The van der Waals surface area contributed by atoms with Crippen LogP contribution in [0.4, 0.5) is 0 Å². The number of likely N-dealkylation sites (tertiary alicyclic amines) is 1. The van der Waals surface area contributed by atoms with Gasteiger partial charge < -0.3 is 24.6 Å². The van der Waals surface area contributed by atoms with Gasteiger partial charge in [0.25, 0.3) is 11.7 Å². The number of aliphatic hydroxyl groups excluding tert-OH is 1. The summed E-state index contributed by atoms with van der Waals surface area (Å²) in [6.45, 7) is 1.94. The normalized spacial score (nSPS) is 17.5. The molecule has 2 N–H and O–H groups in total. The molecular formula is C24H25NO7. The molecule has 0 bridgehead atoms. The zero-order chi connectivity index (χ0) is 23.4. The van der Waals surface area contributed by atoms with Gasteiger partial charge in [-0.25, -0.2) is 0 Å². The number of ketones is 1. The predicted molar refractivity (Wildman–Crippen MR) is 117 cm³/mol. The molecule has 0 unspecified atom stereocenters. The third-order valence-electron chi connectivity index (χ3n) is 5.38. The molecule has 1 amide bonds. The van der Waals surface area contributed by atoms with Crippen molar-refractivity contribution in [3.05, 3.63) is 64.7 Å². The fourth-order valence-electron chi connectivity index (χ4n) is 3.75. The fraction of sp³-hybridized carbons (Fsp3) is 0.292. The van der Waals surface area contributed by atoms with E-state index in [0.717, 1.165) is 5.56 Å². The van der Waals surface area contributed by atoms with Crippen LogP contribution in [0.3, 0.4) is 0 Å². The first kappa shape index (κ1) is 22.9. The van der Waals surface area contributed by atoms with Crippen LogP contribution in [0.1, 0.15) is 35.6 Å². The zero-order valence-corrected chi connectivity index (χ0v) is 18.1. The highest BCUT2D eigenvalue weighted by Crippen LogP contribution is 2.42. The summed E-state index contributed by atoms with van der Waals surface area (Å²) in [6.07, 6.45) is 0.0103. The Bertz CT molecular complexity index is 1070. The van der Waals surface area contributed by atoms with Crippen LogP contribution in [0.5, 0.6) is 11.5 Å². The molecule has 0 aromatic heterocycles. The van der Waals surface area contributed by atoms with Crippen molar-refractivity contribution < 1.29 is 34.1 Å². The van der Waals surface area contributed by atoms with Crippen LogP contribution in [-0.4, -0.2) is 53.5 Å². The van der Waals surface area contributed by atoms with Gasteiger partial charge in [-0.3, -0.25) is 14.4 Å². The Hall–Kier alpha value is -3.81. The number of aliphatic hydroxyl groups is 1. The van der Waals surface area contributed by atoms with E-state index < -0.39 is 23.7 Å². The number of rotatable bonds is 8. The summed E-state index contributed by atoms with van der Waals surface area (Å²) in [5.41, 5.74) is 1.86. The number of hydrogen-bond donors (Lipinski definition) is 2. The minimum Gasteiger partial charge on any atom is -0.507 e. The van der Waals surface area contributed by atoms with Crippen molar-refractivity contribution in [2.45, 2.75) is 25.8 Å². The maximum absolute atomic E-state index is 13.0. The van der Waals surface area contributed by atoms with Crippen molar-refractivity contribution in [3.8, 4) is 11.5 Å². The van der Waals surface area contributed by atoms with Crippen molar-refractivity contribution in [1.29, 1.82) is 0 Å². The lowest BCUT2D eigenvalue weighted by atomic mass is 9.94. The minimum atomic E-state index is -0.996. The van der Waals surface area contributed by atoms with E-state index >= 15 is 0 Å². The molecule has 1 aliphatic rings. The maximum atomic E-state index is 13.0. The number of Topliss-reactive ketones (excluding diaryl/α,β-unsaturated/α-hetero) is 1. The second kappa shape index (κ2) is 9.55. The number of ether oxygens (including phenoxy) is 2. The number of carboxylic acid groups (broad SMARTS) is 1. The standard InChI is InChI=1S/C24H25NO7/c1-14-6-8-15(9-7-14)22(28)20-21(16-10-11-17(31-2)18(13-16)32-3)25(24(30)23(20)29)12-4-5-19(26)27/h6-11,13,21,28H,4-5,12H2,1-3H3,(H,26,27)/b22-20+/t21-/m0/s1. The second-order valence-corrected chi connectivity index (χ2v) is 7.47. The quantitative estimate of drug-likeness (QED) is 0.369. The van der Waals surface area contributed by atoms with Gasteiger partial charge in [0.1, 0.15) is 5.76 Å². The van der Waals surface area contributed by atoms with Crippen LogP contribution in [0, 0.1) is 6.92 Å². The monoisotopic (exact) mass is 439 g/mol. The van der Waals surface area contributed by atoms with Gasteiger partial charge in [-0.15, -0.1) is 0 Å². The minimum absolute atomic E-state index is 0.0422. The zero-order valence-electron chi connectivity index (χ0n) is 18.1.